The number of aliphatic hydroxyl groups excluding tert-OH is 1. The molecule has 0 radical (unpaired) electrons. The van der Waals surface area contributed by atoms with Gasteiger partial charge in [-0.15, -0.1) is 5.92 Å². The van der Waals surface area contributed by atoms with Gasteiger partial charge in [-0.05, 0) is 116 Å². The minimum Gasteiger partial charge on any atom is -0.384 e. The van der Waals surface area contributed by atoms with E-state index in [2.05, 4.69) is 47.9 Å². The molecule has 1 heterocycles. The number of carbonyl (C=O) groups excluding carboxylic acids is 2. The molecular weight excluding hydrogens is 482 g/mol. The van der Waals surface area contributed by atoms with Gasteiger partial charge in [0.15, 0.2) is 5.78 Å². The maximum absolute atomic E-state index is 12.9. The van der Waals surface area contributed by atoms with Crippen LogP contribution in [-0.2, 0) is 9.59 Å². The van der Waals surface area contributed by atoms with Gasteiger partial charge in [-0.25, -0.2) is 0 Å². The molecule has 1 aromatic rings. The number of hydrogen-bond donors (Lipinski definition) is 1. The Morgan fingerprint density at radius 3 is 2.56 bits per heavy atom. The van der Waals surface area contributed by atoms with Crippen LogP contribution in [0.3, 0.4) is 0 Å². The molecule has 4 nitrogen and oxygen atoms in total. The zero-order chi connectivity index (χ0) is 27.1. The Hall–Kier alpha value is -2.64. The molecule has 1 unspecified atom stereocenters. The van der Waals surface area contributed by atoms with Crippen molar-refractivity contribution >= 4 is 17.3 Å². The van der Waals surface area contributed by atoms with E-state index in [9.17, 15) is 14.7 Å². The number of anilines is 1. The van der Waals surface area contributed by atoms with E-state index in [0.29, 0.717) is 30.5 Å². The van der Waals surface area contributed by atoms with E-state index in [1.54, 1.807) is 12.5 Å². The molecule has 5 aliphatic rings. The lowest BCUT2D eigenvalue weighted by atomic mass is 9.50. The minimum absolute atomic E-state index is 0.0101. The van der Waals surface area contributed by atoms with Crippen LogP contribution in [0.25, 0.3) is 0 Å². The van der Waals surface area contributed by atoms with Crippen LogP contribution >= 0.6 is 0 Å². The molecule has 2 saturated carbocycles. The normalized spacial score (nSPS) is 33.9. The molecule has 39 heavy (non-hydrogen) atoms. The van der Waals surface area contributed by atoms with Gasteiger partial charge in [0, 0.05) is 43.5 Å². The Balaban J connectivity index is 1.45. The summed E-state index contributed by atoms with van der Waals surface area (Å²) in [5, 5.41) is 9.27. The summed E-state index contributed by atoms with van der Waals surface area (Å²) in [5.74, 6) is 8.15. The number of allylic oxidation sites excluding steroid dienone is 4. The third-order valence-corrected chi connectivity index (χ3v) is 11.0. The molecule has 0 aromatic heterocycles. The number of rotatable bonds is 4. The number of hydrogen-bond acceptors (Lipinski definition) is 4. The first kappa shape index (κ1) is 26.6. The first-order valence-corrected chi connectivity index (χ1v) is 15.3. The average Bonchev–Trinajstić information content (AvgIpc) is 3.30. The van der Waals surface area contributed by atoms with Gasteiger partial charge in [-0.3, -0.25) is 9.59 Å². The lowest BCUT2D eigenvalue weighted by molar-refractivity contribution is -0.125. The number of benzene rings is 1. The predicted octanol–water partition coefficient (Wildman–Crippen LogP) is 6.39. The smallest absolute Gasteiger partial charge is 0.156 e. The van der Waals surface area contributed by atoms with E-state index in [0.717, 1.165) is 45.2 Å². The summed E-state index contributed by atoms with van der Waals surface area (Å²) >= 11 is 0. The first-order chi connectivity index (χ1) is 18.9. The van der Waals surface area contributed by atoms with E-state index < -0.39 is 0 Å². The van der Waals surface area contributed by atoms with Gasteiger partial charge in [-0.1, -0.05) is 30.6 Å². The molecule has 0 amide bonds. The number of piperidine rings is 1. The van der Waals surface area contributed by atoms with Crippen molar-refractivity contribution in [1.82, 2.24) is 0 Å². The highest BCUT2D eigenvalue weighted by Gasteiger charge is 2.58. The highest BCUT2D eigenvalue weighted by atomic mass is 16.2. The van der Waals surface area contributed by atoms with Crippen molar-refractivity contribution in [3.05, 3.63) is 52.6 Å². The Labute approximate surface area is 233 Å². The van der Waals surface area contributed by atoms with Gasteiger partial charge in [0.05, 0.1) is 0 Å². The first-order valence-electron chi connectivity index (χ1n) is 15.3. The SMILES string of the molecule is CC(=O)[C@H]1CC[C@H]2[C@@H]3CC(CC#CCO)C4=CC(=O)CCC4=C3[C@@H](c3ccc(N4CCCCC4)cc3)C[C@]12C. The molecule has 4 aliphatic carbocycles. The fraction of sp³-hybridized carbons (Fsp3) is 0.600. The van der Waals surface area contributed by atoms with Crippen molar-refractivity contribution < 1.29 is 14.7 Å². The number of nitrogens with zero attached hydrogens (tertiary/aromatic N) is 1. The van der Waals surface area contributed by atoms with E-state index >= 15 is 0 Å². The minimum atomic E-state index is -0.126. The molecule has 1 aromatic carbocycles. The standard InChI is InChI=1S/C35H43NO3/c1-23(38)32-15-16-33-30-20-25(8-4-7-19-37)29-21-27(39)13-14-28(29)34(30)31(22-35(32,33)2)24-9-11-26(12-10-24)36-17-5-3-6-18-36/h9-12,21,25,30-33,37H,3,5-6,8,13-20,22H2,1-2H3/t25?,30-,31+,32+,33-,35+/m0/s1. The van der Waals surface area contributed by atoms with Gasteiger partial charge in [0.1, 0.15) is 12.4 Å². The van der Waals surface area contributed by atoms with Crippen LogP contribution in [0.15, 0.2) is 47.1 Å². The number of Topliss-reactive ketones (excluding diaryl/α,β-unsaturated/α-hetero) is 1. The molecule has 3 fully saturated rings. The highest BCUT2D eigenvalue weighted by molar-refractivity contribution is 5.93. The highest BCUT2D eigenvalue weighted by Crippen LogP contribution is 2.66. The van der Waals surface area contributed by atoms with Crippen molar-refractivity contribution in [3.63, 3.8) is 0 Å². The van der Waals surface area contributed by atoms with E-state index in [-0.39, 0.29) is 35.6 Å². The second-order valence-electron chi connectivity index (χ2n) is 13.0. The topological polar surface area (TPSA) is 57.6 Å². The average molecular weight is 526 g/mol. The summed E-state index contributed by atoms with van der Waals surface area (Å²) in [6.07, 6.45) is 12.0. The summed E-state index contributed by atoms with van der Waals surface area (Å²) in [4.78, 5) is 28.1. The van der Waals surface area contributed by atoms with Crippen LogP contribution in [0.2, 0.25) is 0 Å². The monoisotopic (exact) mass is 525 g/mol. The van der Waals surface area contributed by atoms with Crippen LogP contribution in [-0.4, -0.2) is 36.4 Å². The summed E-state index contributed by atoms with van der Waals surface area (Å²) in [5.41, 5.74) is 6.88. The number of carbonyl (C=O) groups is 2. The van der Waals surface area contributed by atoms with Gasteiger partial charge < -0.3 is 10.0 Å². The Bertz CT molecular complexity index is 1250. The van der Waals surface area contributed by atoms with Crippen LogP contribution in [0, 0.1) is 40.9 Å². The van der Waals surface area contributed by atoms with Gasteiger partial charge in [0.2, 0.25) is 0 Å². The third-order valence-electron chi connectivity index (χ3n) is 11.0. The molecule has 0 bridgehead atoms. The molecule has 206 valence electrons. The Morgan fingerprint density at radius 2 is 1.85 bits per heavy atom. The second-order valence-corrected chi connectivity index (χ2v) is 13.0. The molecule has 1 N–H and O–H groups in total. The van der Waals surface area contributed by atoms with Crippen molar-refractivity contribution in [3.8, 4) is 11.8 Å². The lowest BCUT2D eigenvalue weighted by Crippen LogP contribution is -2.45. The zero-order valence-corrected chi connectivity index (χ0v) is 23.7. The van der Waals surface area contributed by atoms with Crippen molar-refractivity contribution in [2.75, 3.05) is 24.6 Å². The largest absolute Gasteiger partial charge is 0.384 e. The molecule has 0 spiro atoms. The fourth-order valence-corrected chi connectivity index (χ4v) is 9.28. The number of ketones is 2. The van der Waals surface area contributed by atoms with Crippen molar-refractivity contribution in [1.29, 1.82) is 0 Å². The lowest BCUT2D eigenvalue weighted by Gasteiger charge is -2.53. The summed E-state index contributed by atoms with van der Waals surface area (Å²) in [6.45, 7) is 6.37. The molecule has 4 heteroatoms. The van der Waals surface area contributed by atoms with Crippen molar-refractivity contribution in [2.45, 2.75) is 84.0 Å². The molecule has 1 saturated heterocycles. The van der Waals surface area contributed by atoms with E-state index in [1.807, 2.05) is 6.08 Å². The fourth-order valence-electron chi connectivity index (χ4n) is 9.28. The summed E-state index contributed by atoms with van der Waals surface area (Å²) in [6, 6.07) is 9.36. The van der Waals surface area contributed by atoms with E-state index in [4.69, 9.17) is 0 Å². The maximum atomic E-state index is 12.9. The third kappa shape index (κ3) is 4.71. The Morgan fingerprint density at radius 1 is 1.08 bits per heavy atom. The van der Waals surface area contributed by atoms with Gasteiger partial charge in [-0.2, -0.15) is 0 Å². The summed E-state index contributed by atoms with van der Waals surface area (Å²) in [7, 11) is 0. The molecule has 6 atom stereocenters. The number of fused-ring (bicyclic) bond motifs is 4. The van der Waals surface area contributed by atoms with Crippen LogP contribution < -0.4 is 4.90 Å². The zero-order valence-electron chi connectivity index (χ0n) is 23.7. The molecule has 6 rings (SSSR count). The van der Waals surface area contributed by atoms with Crippen LogP contribution in [0.1, 0.15) is 89.5 Å². The maximum Gasteiger partial charge on any atom is 0.156 e. The summed E-state index contributed by atoms with van der Waals surface area (Å²) < 4.78 is 0. The Kier molecular flexibility index (Phi) is 7.32. The van der Waals surface area contributed by atoms with Crippen LogP contribution in [0.5, 0.6) is 0 Å². The van der Waals surface area contributed by atoms with E-state index in [1.165, 1.54) is 41.7 Å². The van der Waals surface area contributed by atoms with Gasteiger partial charge in [0.25, 0.3) is 0 Å². The van der Waals surface area contributed by atoms with Gasteiger partial charge >= 0.3 is 0 Å². The van der Waals surface area contributed by atoms with Crippen molar-refractivity contribution in [2.24, 2.45) is 29.1 Å². The number of aliphatic hydroxyl groups is 1. The quantitative estimate of drug-likeness (QED) is 0.463. The molecule has 1 aliphatic heterocycles. The molecular formula is C35H43NO3. The van der Waals surface area contributed by atoms with Crippen LogP contribution in [0.4, 0.5) is 5.69 Å². The second kappa shape index (κ2) is 10.7. The predicted molar refractivity (Wildman–Crippen MR) is 155 cm³/mol.